The van der Waals surface area contributed by atoms with E-state index in [4.69, 9.17) is 9.47 Å². The zero-order valence-corrected chi connectivity index (χ0v) is 17.6. The second-order valence-corrected chi connectivity index (χ2v) is 7.84. The molecule has 1 saturated carbocycles. The molecule has 5 heteroatoms. The molecule has 3 aromatic rings. The molecule has 156 valence electrons. The first-order valence-corrected chi connectivity index (χ1v) is 10.7. The Balaban J connectivity index is 1.49. The van der Waals surface area contributed by atoms with Crippen LogP contribution < -0.4 is 9.47 Å². The molecule has 2 nitrogen and oxygen atoms in total. The van der Waals surface area contributed by atoms with Crippen molar-refractivity contribution in [2.24, 2.45) is 5.92 Å². The summed E-state index contributed by atoms with van der Waals surface area (Å²) in [6.45, 7) is 2.43. The number of halogens is 2. The number of thiol groups is 1. The van der Waals surface area contributed by atoms with Crippen molar-refractivity contribution < 1.29 is 18.3 Å². The zero-order valence-electron chi connectivity index (χ0n) is 16.7. The van der Waals surface area contributed by atoms with Gasteiger partial charge in [0.1, 0.15) is 17.2 Å². The monoisotopic (exact) mass is 426 g/mol. The molecule has 0 aliphatic heterocycles. The molecule has 1 aliphatic carbocycles. The fourth-order valence-corrected chi connectivity index (χ4v) is 4.72. The molecule has 0 heterocycles. The maximum absolute atomic E-state index is 15.0. The highest BCUT2D eigenvalue weighted by Crippen LogP contribution is 2.68. The van der Waals surface area contributed by atoms with Gasteiger partial charge in [0.2, 0.25) is 0 Å². The highest BCUT2D eigenvalue weighted by Gasteiger charge is 2.79. The SMILES string of the molecule is CCOc1ccc(C2(CS)C(Cc3ccc(Oc4ccccc4)cc3)C2(F)F)cc1. The van der Waals surface area contributed by atoms with Crippen molar-refractivity contribution in [3.05, 3.63) is 90.0 Å². The van der Waals surface area contributed by atoms with Gasteiger partial charge in [-0.15, -0.1) is 0 Å². The number of benzene rings is 3. The summed E-state index contributed by atoms with van der Waals surface area (Å²) in [5.74, 6) is -1.40. The van der Waals surface area contributed by atoms with Gasteiger partial charge in [-0.2, -0.15) is 12.6 Å². The van der Waals surface area contributed by atoms with Gasteiger partial charge in [0.05, 0.1) is 12.0 Å². The van der Waals surface area contributed by atoms with Crippen LogP contribution in [-0.4, -0.2) is 18.3 Å². The van der Waals surface area contributed by atoms with E-state index < -0.39 is 17.3 Å². The van der Waals surface area contributed by atoms with Gasteiger partial charge < -0.3 is 9.47 Å². The van der Waals surface area contributed by atoms with Crippen LogP contribution in [0, 0.1) is 5.92 Å². The molecular formula is C25H24F2O2S. The van der Waals surface area contributed by atoms with E-state index in [1.165, 1.54) is 0 Å². The lowest BCUT2D eigenvalue weighted by Gasteiger charge is -2.15. The van der Waals surface area contributed by atoms with Crippen LogP contribution in [0.5, 0.6) is 17.2 Å². The van der Waals surface area contributed by atoms with Crippen molar-refractivity contribution >= 4 is 12.6 Å². The molecule has 0 spiro atoms. The molecule has 0 saturated heterocycles. The lowest BCUT2D eigenvalue weighted by molar-refractivity contribution is 0.0797. The van der Waals surface area contributed by atoms with Crippen LogP contribution >= 0.6 is 12.6 Å². The first kappa shape index (κ1) is 20.7. The lowest BCUT2D eigenvalue weighted by atomic mass is 9.92. The van der Waals surface area contributed by atoms with E-state index in [2.05, 4.69) is 12.6 Å². The van der Waals surface area contributed by atoms with Crippen LogP contribution in [0.15, 0.2) is 78.9 Å². The van der Waals surface area contributed by atoms with Crippen LogP contribution in [0.1, 0.15) is 18.1 Å². The van der Waals surface area contributed by atoms with Crippen LogP contribution in [0.3, 0.4) is 0 Å². The second kappa shape index (κ2) is 8.31. The van der Waals surface area contributed by atoms with Gasteiger partial charge in [0.25, 0.3) is 5.92 Å². The zero-order chi connectivity index (χ0) is 21.2. The van der Waals surface area contributed by atoms with Crippen molar-refractivity contribution in [2.75, 3.05) is 12.4 Å². The highest BCUT2D eigenvalue weighted by molar-refractivity contribution is 7.80. The van der Waals surface area contributed by atoms with Gasteiger partial charge >= 0.3 is 0 Å². The summed E-state index contributed by atoms with van der Waals surface area (Å²) in [6, 6.07) is 23.8. The number of alkyl halides is 2. The number of rotatable bonds is 8. The molecule has 0 bridgehead atoms. The average molecular weight is 427 g/mol. The lowest BCUT2D eigenvalue weighted by Crippen LogP contribution is -2.19. The molecule has 2 atom stereocenters. The fourth-order valence-electron chi connectivity index (χ4n) is 4.10. The number of para-hydroxylation sites is 1. The van der Waals surface area contributed by atoms with Crippen LogP contribution in [0.2, 0.25) is 0 Å². The summed E-state index contributed by atoms with van der Waals surface area (Å²) in [7, 11) is 0. The Morgan fingerprint density at radius 1 is 0.833 bits per heavy atom. The summed E-state index contributed by atoms with van der Waals surface area (Å²) < 4.78 is 41.2. The van der Waals surface area contributed by atoms with E-state index in [0.29, 0.717) is 23.7 Å². The predicted octanol–water partition coefficient (Wildman–Crippen LogP) is 6.55. The van der Waals surface area contributed by atoms with Gasteiger partial charge in [0.15, 0.2) is 0 Å². The molecule has 2 unspecified atom stereocenters. The Hall–Kier alpha value is -2.53. The van der Waals surface area contributed by atoms with Gasteiger partial charge in [-0.3, -0.25) is 0 Å². The summed E-state index contributed by atoms with van der Waals surface area (Å²) in [5.41, 5.74) is 0.217. The molecule has 30 heavy (non-hydrogen) atoms. The van der Waals surface area contributed by atoms with E-state index in [9.17, 15) is 8.78 Å². The van der Waals surface area contributed by atoms with Crippen molar-refractivity contribution in [3.63, 3.8) is 0 Å². The maximum Gasteiger partial charge on any atom is 0.263 e. The molecule has 0 amide bonds. The predicted molar refractivity (Wildman–Crippen MR) is 118 cm³/mol. The minimum absolute atomic E-state index is 0.0911. The maximum atomic E-state index is 15.0. The van der Waals surface area contributed by atoms with E-state index in [1.807, 2.05) is 61.5 Å². The Bertz CT molecular complexity index is 974. The summed E-state index contributed by atoms with van der Waals surface area (Å²) >= 11 is 4.32. The van der Waals surface area contributed by atoms with Crippen molar-refractivity contribution in [1.29, 1.82) is 0 Å². The minimum atomic E-state index is -2.80. The summed E-state index contributed by atoms with van der Waals surface area (Å²) in [4.78, 5) is 0. The second-order valence-electron chi connectivity index (χ2n) is 7.53. The van der Waals surface area contributed by atoms with Crippen molar-refractivity contribution in [1.82, 2.24) is 0 Å². The number of hydrogen-bond acceptors (Lipinski definition) is 3. The third-order valence-corrected chi connectivity index (χ3v) is 6.31. The molecule has 1 aliphatic rings. The topological polar surface area (TPSA) is 18.5 Å². The molecule has 1 fully saturated rings. The van der Waals surface area contributed by atoms with Gasteiger partial charge in [0, 0.05) is 11.7 Å². The molecule has 3 aromatic carbocycles. The van der Waals surface area contributed by atoms with Crippen molar-refractivity contribution in [3.8, 4) is 17.2 Å². The minimum Gasteiger partial charge on any atom is -0.494 e. The third-order valence-electron chi connectivity index (χ3n) is 5.82. The van der Waals surface area contributed by atoms with Crippen LogP contribution in [0.4, 0.5) is 8.78 Å². The summed E-state index contributed by atoms with van der Waals surface area (Å²) in [5, 5.41) is 0. The first-order chi connectivity index (χ1) is 14.5. The number of ether oxygens (including phenoxy) is 2. The Morgan fingerprint density at radius 3 is 2.03 bits per heavy atom. The first-order valence-electron chi connectivity index (χ1n) is 10.0. The quantitative estimate of drug-likeness (QED) is 0.412. The molecule has 0 N–H and O–H groups in total. The van der Waals surface area contributed by atoms with Gasteiger partial charge in [-0.05, 0) is 60.9 Å². The molecular weight excluding hydrogens is 402 g/mol. The van der Waals surface area contributed by atoms with E-state index in [0.717, 1.165) is 11.3 Å². The molecule has 0 radical (unpaired) electrons. The van der Waals surface area contributed by atoms with Gasteiger partial charge in [-0.1, -0.05) is 42.5 Å². The van der Waals surface area contributed by atoms with E-state index in [-0.39, 0.29) is 12.2 Å². The van der Waals surface area contributed by atoms with Crippen LogP contribution in [-0.2, 0) is 11.8 Å². The van der Waals surface area contributed by atoms with E-state index in [1.54, 1.807) is 24.3 Å². The normalized spacial score (nSPS) is 21.8. The fraction of sp³-hybridized carbons (Fsp3) is 0.280. The van der Waals surface area contributed by atoms with Crippen LogP contribution in [0.25, 0.3) is 0 Å². The van der Waals surface area contributed by atoms with Gasteiger partial charge in [-0.25, -0.2) is 8.78 Å². The Morgan fingerprint density at radius 2 is 1.43 bits per heavy atom. The molecule has 0 aromatic heterocycles. The average Bonchev–Trinajstić information content (AvgIpc) is 3.25. The number of hydrogen-bond donors (Lipinski definition) is 1. The standard InChI is InChI=1S/C25H24F2O2S/c1-2-28-20-14-10-19(11-15-20)24(17-30)23(25(24,26)27)16-18-8-12-22(13-9-18)29-21-6-4-3-5-7-21/h3-15,23,30H,2,16-17H2,1H3. The molecule has 4 rings (SSSR count). The largest absolute Gasteiger partial charge is 0.494 e. The van der Waals surface area contributed by atoms with Crippen molar-refractivity contribution in [2.45, 2.75) is 24.7 Å². The third kappa shape index (κ3) is 3.67. The Labute approximate surface area is 181 Å². The smallest absolute Gasteiger partial charge is 0.263 e. The highest BCUT2D eigenvalue weighted by atomic mass is 32.1. The summed E-state index contributed by atoms with van der Waals surface area (Å²) in [6.07, 6.45) is 0.284. The Kier molecular flexibility index (Phi) is 5.74. The van der Waals surface area contributed by atoms with E-state index >= 15 is 0 Å².